The Morgan fingerprint density at radius 1 is 1.73 bits per heavy atom. The molecule has 0 aromatic heterocycles. The Morgan fingerprint density at radius 3 is 3.00 bits per heavy atom. The molecule has 1 nitrogen and oxygen atoms in total. The third kappa shape index (κ3) is 2.27. The van der Waals surface area contributed by atoms with Crippen LogP contribution in [0, 0.1) is 0 Å². The second-order valence-corrected chi connectivity index (χ2v) is 5.09. The van der Waals surface area contributed by atoms with Crippen molar-refractivity contribution in [3.05, 3.63) is 22.7 Å². The van der Waals surface area contributed by atoms with Crippen LogP contribution in [0.25, 0.3) is 0 Å². The minimum atomic E-state index is -0.942. The van der Waals surface area contributed by atoms with Gasteiger partial charge in [0.25, 0.3) is 0 Å². The molecule has 0 radical (unpaired) electrons. The van der Waals surface area contributed by atoms with E-state index in [1.54, 1.807) is 0 Å². The molecule has 1 aliphatic carbocycles. The normalized spacial score (nSPS) is 15.3. The first-order valence-electron chi connectivity index (χ1n) is 3.77. The molecule has 0 unspecified atom stereocenters. The molecule has 0 heterocycles. The summed E-state index contributed by atoms with van der Waals surface area (Å²) in [5.74, 6) is 0. The fourth-order valence-electron chi connectivity index (χ4n) is 0.989. The van der Waals surface area contributed by atoms with Gasteiger partial charge in [-0.15, -0.1) is 0 Å². The van der Waals surface area contributed by atoms with E-state index in [-0.39, 0.29) is 0 Å². The summed E-state index contributed by atoms with van der Waals surface area (Å²) in [6, 6.07) is 0. The fourth-order valence-corrected chi connectivity index (χ4v) is 3.01. The third-order valence-electron chi connectivity index (χ3n) is 1.49. The number of rotatable bonds is 3. The molecule has 0 spiro atoms. The van der Waals surface area contributed by atoms with Crippen LogP contribution in [0.1, 0.15) is 19.8 Å². The quantitative estimate of drug-likeness (QED) is 0.626. The predicted molar refractivity (Wildman–Crippen MR) is 42.6 cm³/mol. The molecule has 0 N–H and O–H groups in total. The van der Waals surface area contributed by atoms with E-state index in [9.17, 15) is 4.79 Å². The maximum atomic E-state index is 10.5. The predicted octanol–water partition coefficient (Wildman–Crippen LogP) is 2.34. The number of allylic oxidation sites excluding steroid dienone is 4. The minimum absolute atomic E-state index is 0.942. The van der Waals surface area contributed by atoms with Crippen molar-refractivity contribution in [2.45, 2.75) is 25.1 Å². The van der Waals surface area contributed by atoms with E-state index in [1.165, 1.54) is 4.47 Å². The zero-order chi connectivity index (χ0) is 8.10. The number of carbonyl (C=O) groups excluding carboxylic acids is 1. The van der Waals surface area contributed by atoms with E-state index >= 15 is 0 Å². The van der Waals surface area contributed by atoms with E-state index in [4.69, 9.17) is 0 Å². The standard InChI is InChI=1S/C5H5.C3H7.CO.Mn/c1-2-4-5-3-1;1-3-2;1-2;/h1-3H,4H2;1,3H2,2H3;;. The van der Waals surface area contributed by atoms with Crippen molar-refractivity contribution >= 4 is 4.79 Å². The molecule has 61 valence electrons. The molecule has 0 aromatic carbocycles. The van der Waals surface area contributed by atoms with Gasteiger partial charge in [-0.1, -0.05) is 0 Å². The van der Waals surface area contributed by atoms with Crippen LogP contribution in [-0.4, -0.2) is 4.79 Å². The molecule has 1 rings (SSSR count). The average molecular weight is 191 g/mol. The summed E-state index contributed by atoms with van der Waals surface area (Å²) in [5, 5.41) is 1.05. The molecular weight excluding hydrogens is 179 g/mol. The second kappa shape index (κ2) is 4.46. The summed E-state index contributed by atoms with van der Waals surface area (Å²) in [6.45, 7) is 2.12. The van der Waals surface area contributed by atoms with Gasteiger partial charge in [-0.2, -0.15) is 0 Å². The first-order chi connectivity index (χ1) is 5.38. The van der Waals surface area contributed by atoms with Crippen molar-refractivity contribution in [2.24, 2.45) is 0 Å². The molecule has 0 aliphatic heterocycles. The Hall–Kier alpha value is -0.421. The molecule has 0 saturated heterocycles. The molecular formula is C9H12MnO. The summed E-state index contributed by atoms with van der Waals surface area (Å²) in [7, 11) is 0. The number of hydrogen-bond donors (Lipinski definition) is 0. The molecule has 11 heavy (non-hydrogen) atoms. The molecule has 0 atom stereocenters. The molecule has 0 saturated carbocycles. The summed E-state index contributed by atoms with van der Waals surface area (Å²) < 4.78 is 1.33. The van der Waals surface area contributed by atoms with Gasteiger partial charge in [0.1, 0.15) is 0 Å². The van der Waals surface area contributed by atoms with Crippen LogP contribution in [-0.2, 0) is 18.3 Å². The van der Waals surface area contributed by atoms with Gasteiger partial charge in [0, 0.05) is 0 Å². The van der Waals surface area contributed by atoms with Crippen LogP contribution < -0.4 is 0 Å². The van der Waals surface area contributed by atoms with Gasteiger partial charge in [0.15, 0.2) is 0 Å². The van der Waals surface area contributed by atoms with Gasteiger partial charge < -0.3 is 0 Å². The van der Waals surface area contributed by atoms with Gasteiger partial charge in [-0.25, -0.2) is 0 Å². The van der Waals surface area contributed by atoms with Crippen LogP contribution in [0.2, 0.25) is 5.32 Å². The van der Waals surface area contributed by atoms with Crippen LogP contribution in [0.5, 0.6) is 0 Å². The van der Waals surface area contributed by atoms with Gasteiger partial charge in [-0.3, -0.25) is 0 Å². The third-order valence-corrected chi connectivity index (χ3v) is 4.31. The summed E-state index contributed by atoms with van der Waals surface area (Å²) in [5.41, 5.74) is 0. The summed E-state index contributed by atoms with van der Waals surface area (Å²) in [4.78, 5) is 12.7. The van der Waals surface area contributed by atoms with E-state index in [1.807, 2.05) is 6.08 Å². The van der Waals surface area contributed by atoms with E-state index in [2.05, 4.69) is 23.9 Å². The van der Waals surface area contributed by atoms with Crippen LogP contribution >= 0.6 is 0 Å². The molecule has 0 amide bonds. The molecule has 2 heteroatoms. The maximum absolute atomic E-state index is 10.5. The van der Waals surface area contributed by atoms with Crippen molar-refractivity contribution in [2.75, 3.05) is 0 Å². The van der Waals surface area contributed by atoms with Crippen molar-refractivity contribution in [3.63, 3.8) is 0 Å². The zero-order valence-electron chi connectivity index (χ0n) is 6.64. The van der Waals surface area contributed by atoms with Gasteiger partial charge >= 0.3 is 70.8 Å². The van der Waals surface area contributed by atoms with Crippen LogP contribution in [0.4, 0.5) is 0 Å². The Morgan fingerprint density at radius 2 is 2.55 bits per heavy atom. The molecule has 1 aliphatic rings. The Balaban J connectivity index is 2.65. The Labute approximate surface area is 71.2 Å². The summed E-state index contributed by atoms with van der Waals surface area (Å²) >= 11 is -0.942. The fraction of sp³-hybridized carbons (Fsp3) is 0.444. The van der Waals surface area contributed by atoms with Crippen molar-refractivity contribution in [3.8, 4) is 0 Å². The average Bonchev–Trinajstić information content (AvgIpc) is 2.52. The zero-order valence-corrected chi connectivity index (χ0v) is 7.82. The molecule has 0 bridgehead atoms. The molecule has 0 aromatic rings. The number of hydrogen-bond acceptors (Lipinski definition) is 1. The van der Waals surface area contributed by atoms with Crippen LogP contribution in [0.3, 0.4) is 0 Å². The van der Waals surface area contributed by atoms with Gasteiger partial charge in [0.05, 0.1) is 0 Å². The molecule has 0 fully saturated rings. The van der Waals surface area contributed by atoms with Crippen molar-refractivity contribution in [1.29, 1.82) is 0 Å². The van der Waals surface area contributed by atoms with Gasteiger partial charge in [-0.05, 0) is 0 Å². The van der Waals surface area contributed by atoms with E-state index in [0.717, 1.165) is 18.2 Å². The monoisotopic (exact) mass is 191 g/mol. The first-order valence-corrected chi connectivity index (χ1v) is 5.79. The Kier molecular flexibility index (Phi) is 3.51. The van der Waals surface area contributed by atoms with E-state index in [0.29, 0.717) is 0 Å². The first kappa shape index (κ1) is 8.67. The summed E-state index contributed by atoms with van der Waals surface area (Å²) in [6.07, 6.45) is 8.31. The SMILES string of the molecule is CC[CH2][Mn](=[C]=O)[C]1=CC=CC1. The second-order valence-electron chi connectivity index (χ2n) is 2.37. The van der Waals surface area contributed by atoms with E-state index < -0.39 is 13.5 Å². The van der Waals surface area contributed by atoms with Gasteiger partial charge in [0.2, 0.25) is 0 Å². The van der Waals surface area contributed by atoms with Crippen LogP contribution in [0.15, 0.2) is 22.7 Å². The van der Waals surface area contributed by atoms with Crippen molar-refractivity contribution < 1.29 is 18.3 Å². The Bertz CT molecular complexity index is 244. The topological polar surface area (TPSA) is 17.1 Å². The van der Waals surface area contributed by atoms with Crippen molar-refractivity contribution in [1.82, 2.24) is 0 Å².